The lowest BCUT2D eigenvalue weighted by molar-refractivity contribution is -0.147. The van der Waals surface area contributed by atoms with Crippen molar-refractivity contribution in [2.24, 2.45) is 17.6 Å². The molecule has 0 saturated carbocycles. The monoisotopic (exact) mass is 541 g/mol. The first kappa shape index (κ1) is 32.5. The highest BCUT2D eigenvalue weighted by molar-refractivity contribution is 5.80. The molecule has 0 aliphatic carbocycles. The van der Waals surface area contributed by atoms with Crippen LogP contribution in [0.4, 0.5) is 14.4 Å². The second kappa shape index (κ2) is 15.7. The van der Waals surface area contributed by atoms with Crippen molar-refractivity contribution in [3.8, 4) is 11.5 Å². The summed E-state index contributed by atoms with van der Waals surface area (Å²) in [6.07, 6.45) is -3.00. The molecule has 38 heavy (non-hydrogen) atoms. The summed E-state index contributed by atoms with van der Waals surface area (Å²) >= 11 is 0. The SMILES string of the molecule is CCCOC(=O)Oc1ccc(C[C@](N)(C(=O)O)[C@H](C)[C@H](C)OC(=O)OCC(C)C)cc1OC(=O)OCCC. The third-order valence-electron chi connectivity index (χ3n) is 5.47. The third-order valence-corrected chi connectivity index (χ3v) is 5.47. The molecule has 0 aliphatic heterocycles. The Labute approximate surface area is 222 Å². The highest BCUT2D eigenvalue weighted by Crippen LogP contribution is 2.33. The van der Waals surface area contributed by atoms with Crippen molar-refractivity contribution in [3.63, 3.8) is 0 Å². The molecule has 0 bridgehead atoms. The lowest BCUT2D eigenvalue weighted by atomic mass is 9.78. The number of nitrogens with two attached hydrogens (primary N) is 1. The van der Waals surface area contributed by atoms with Crippen molar-refractivity contribution in [3.05, 3.63) is 23.8 Å². The van der Waals surface area contributed by atoms with Gasteiger partial charge in [0, 0.05) is 12.3 Å². The molecule has 0 radical (unpaired) electrons. The van der Waals surface area contributed by atoms with Crippen LogP contribution in [0.25, 0.3) is 0 Å². The molecule has 0 heterocycles. The largest absolute Gasteiger partial charge is 0.513 e. The molecule has 12 nitrogen and oxygen atoms in total. The van der Waals surface area contributed by atoms with E-state index in [-0.39, 0.29) is 43.7 Å². The minimum absolute atomic E-state index is 0.0963. The summed E-state index contributed by atoms with van der Waals surface area (Å²) in [7, 11) is 0. The normalized spacial score (nSPS) is 14.0. The van der Waals surface area contributed by atoms with E-state index in [9.17, 15) is 24.3 Å². The highest BCUT2D eigenvalue weighted by atomic mass is 16.7. The molecule has 0 saturated heterocycles. The van der Waals surface area contributed by atoms with Crippen LogP contribution in [0.3, 0.4) is 0 Å². The van der Waals surface area contributed by atoms with E-state index in [0.29, 0.717) is 18.4 Å². The van der Waals surface area contributed by atoms with Crippen molar-refractivity contribution in [2.75, 3.05) is 19.8 Å². The van der Waals surface area contributed by atoms with Gasteiger partial charge < -0.3 is 39.3 Å². The van der Waals surface area contributed by atoms with Gasteiger partial charge in [-0.3, -0.25) is 4.79 Å². The molecular formula is C26H39NO11. The molecule has 214 valence electrons. The third kappa shape index (κ3) is 10.4. The lowest BCUT2D eigenvalue weighted by Gasteiger charge is -2.34. The quantitative estimate of drug-likeness (QED) is 0.189. The summed E-state index contributed by atoms with van der Waals surface area (Å²) in [5.41, 5.74) is 4.77. The topological polar surface area (TPSA) is 170 Å². The zero-order valence-corrected chi connectivity index (χ0v) is 22.8. The Morgan fingerprint density at radius 2 is 1.42 bits per heavy atom. The number of hydrogen-bond acceptors (Lipinski definition) is 11. The fraction of sp³-hybridized carbons (Fsp3) is 0.615. The Bertz CT molecular complexity index is 949. The summed E-state index contributed by atoms with van der Waals surface area (Å²) in [5.74, 6) is -2.45. The molecule has 3 N–H and O–H groups in total. The van der Waals surface area contributed by atoms with E-state index in [2.05, 4.69) is 0 Å². The molecule has 12 heteroatoms. The van der Waals surface area contributed by atoms with Crippen LogP contribution in [-0.4, -0.2) is 61.0 Å². The van der Waals surface area contributed by atoms with E-state index < -0.39 is 42.0 Å². The predicted octanol–water partition coefficient (Wildman–Crippen LogP) is 4.70. The van der Waals surface area contributed by atoms with Gasteiger partial charge >= 0.3 is 24.4 Å². The van der Waals surface area contributed by atoms with Crippen LogP contribution in [0.1, 0.15) is 59.9 Å². The molecule has 0 fully saturated rings. The zero-order chi connectivity index (χ0) is 28.9. The fourth-order valence-corrected chi connectivity index (χ4v) is 3.15. The van der Waals surface area contributed by atoms with Crippen LogP contribution >= 0.6 is 0 Å². The fourth-order valence-electron chi connectivity index (χ4n) is 3.15. The number of ether oxygens (including phenoxy) is 6. The molecular weight excluding hydrogens is 502 g/mol. The van der Waals surface area contributed by atoms with Crippen LogP contribution in [0.2, 0.25) is 0 Å². The van der Waals surface area contributed by atoms with E-state index in [0.717, 1.165) is 0 Å². The maximum atomic E-state index is 12.3. The molecule has 3 atom stereocenters. The molecule has 1 aromatic rings. The summed E-state index contributed by atoms with van der Waals surface area (Å²) < 4.78 is 30.4. The summed E-state index contributed by atoms with van der Waals surface area (Å²) in [5, 5.41) is 10.0. The molecule has 0 spiro atoms. The van der Waals surface area contributed by atoms with Gasteiger partial charge in [-0.2, -0.15) is 0 Å². The van der Waals surface area contributed by atoms with Crippen molar-refractivity contribution in [2.45, 2.75) is 72.4 Å². The lowest BCUT2D eigenvalue weighted by Crippen LogP contribution is -2.58. The van der Waals surface area contributed by atoms with Gasteiger partial charge in [-0.1, -0.05) is 40.7 Å². The summed E-state index contributed by atoms with van der Waals surface area (Å²) in [6, 6.07) is 4.10. The highest BCUT2D eigenvalue weighted by Gasteiger charge is 2.44. The number of carbonyl (C=O) groups excluding carboxylic acids is 3. The van der Waals surface area contributed by atoms with Gasteiger partial charge in [0.2, 0.25) is 0 Å². The predicted molar refractivity (Wildman–Crippen MR) is 135 cm³/mol. The number of hydrogen-bond donors (Lipinski definition) is 2. The van der Waals surface area contributed by atoms with Gasteiger partial charge in [0.05, 0.1) is 19.8 Å². The number of carbonyl (C=O) groups is 4. The first-order valence-corrected chi connectivity index (χ1v) is 12.5. The Kier molecular flexibility index (Phi) is 13.4. The van der Waals surface area contributed by atoms with Crippen molar-refractivity contribution in [1.82, 2.24) is 0 Å². The van der Waals surface area contributed by atoms with Gasteiger partial charge in [0.15, 0.2) is 11.5 Å². The molecule has 1 aromatic carbocycles. The second-order valence-electron chi connectivity index (χ2n) is 9.27. The van der Waals surface area contributed by atoms with E-state index in [1.54, 1.807) is 6.92 Å². The van der Waals surface area contributed by atoms with Crippen molar-refractivity contribution >= 4 is 24.4 Å². The average molecular weight is 542 g/mol. The maximum Gasteiger partial charge on any atom is 0.513 e. The zero-order valence-electron chi connectivity index (χ0n) is 22.8. The van der Waals surface area contributed by atoms with Crippen LogP contribution in [0.15, 0.2) is 18.2 Å². The van der Waals surface area contributed by atoms with Gasteiger partial charge in [-0.25, -0.2) is 14.4 Å². The van der Waals surface area contributed by atoms with E-state index in [1.807, 2.05) is 20.8 Å². The van der Waals surface area contributed by atoms with Crippen LogP contribution < -0.4 is 15.2 Å². The number of aliphatic carboxylic acids is 1. The van der Waals surface area contributed by atoms with Gasteiger partial charge in [0.1, 0.15) is 11.6 Å². The minimum atomic E-state index is -1.90. The maximum absolute atomic E-state index is 12.3. The second-order valence-corrected chi connectivity index (χ2v) is 9.27. The number of rotatable bonds is 14. The van der Waals surface area contributed by atoms with Crippen LogP contribution in [0, 0.1) is 11.8 Å². The number of benzene rings is 1. The standard InChI is InChI=1S/C26H39NO11/c1-7-11-33-23(30)37-20-10-9-19(13-21(20)38-24(31)34-12-8-2)14-26(27,22(28)29)17(5)18(6)36-25(32)35-15-16(3)4/h9-10,13,16-18H,7-8,11-12,14-15,27H2,1-6H3,(H,28,29)/t17-,18+,26-/m1/s1. The number of carboxylic acid groups (broad SMARTS) is 1. The van der Waals surface area contributed by atoms with Crippen LogP contribution in [0.5, 0.6) is 11.5 Å². The summed E-state index contributed by atoms with van der Waals surface area (Å²) in [4.78, 5) is 48.3. The van der Waals surface area contributed by atoms with E-state index in [1.165, 1.54) is 32.0 Å². The molecule has 0 aliphatic rings. The molecule has 0 unspecified atom stereocenters. The van der Waals surface area contributed by atoms with E-state index >= 15 is 0 Å². The Balaban J connectivity index is 3.19. The first-order valence-electron chi connectivity index (χ1n) is 12.5. The Morgan fingerprint density at radius 1 is 0.868 bits per heavy atom. The smallest absolute Gasteiger partial charge is 0.480 e. The van der Waals surface area contributed by atoms with Crippen molar-refractivity contribution in [1.29, 1.82) is 0 Å². The van der Waals surface area contributed by atoms with Gasteiger partial charge in [0.25, 0.3) is 0 Å². The van der Waals surface area contributed by atoms with E-state index in [4.69, 9.17) is 34.2 Å². The molecule has 0 amide bonds. The van der Waals surface area contributed by atoms with Gasteiger partial charge in [-0.05, 0) is 43.4 Å². The molecule has 1 rings (SSSR count). The first-order chi connectivity index (χ1) is 17.8. The minimum Gasteiger partial charge on any atom is -0.480 e. The van der Waals surface area contributed by atoms with Gasteiger partial charge in [-0.15, -0.1) is 0 Å². The number of carboxylic acids is 1. The van der Waals surface area contributed by atoms with Crippen molar-refractivity contribution < 1.29 is 52.7 Å². The summed E-state index contributed by atoms with van der Waals surface area (Å²) in [6.45, 7) is 10.8. The van der Waals surface area contributed by atoms with Crippen LogP contribution in [-0.2, 0) is 30.2 Å². The average Bonchev–Trinajstić information content (AvgIpc) is 2.85. The Hall–Kier alpha value is -3.54. The Morgan fingerprint density at radius 3 is 1.92 bits per heavy atom. The molecule has 0 aromatic heterocycles.